The minimum absolute atomic E-state index is 0.272. The Morgan fingerprint density at radius 3 is 2.23 bits per heavy atom. The van der Waals surface area contributed by atoms with Crippen molar-refractivity contribution in [2.75, 3.05) is 4.43 Å². The molecular formula is C7H13IN2O3. The molecule has 0 saturated heterocycles. The quantitative estimate of drug-likeness (QED) is 0.431. The Morgan fingerprint density at radius 2 is 1.85 bits per heavy atom. The molecule has 0 aromatic rings. The number of ether oxygens (including phenoxy) is 1. The first-order valence-corrected chi connectivity index (χ1v) is 5.21. The predicted molar refractivity (Wildman–Crippen MR) is 56.4 cm³/mol. The fraction of sp³-hybridized carbons (Fsp3) is 0.714. The molecular weight excluding hydrogens is 287 g/mol. The number of carbonyl (C=O) groups excluding carboxylic acids is 2. The molecule has 0 unspecified atom stereocenters. The van der Waals surface area contributed by atoms with Gasteiger partial charge in [-0.2, -0.15) is 0 Å². The number of nitrogens with one attached hydrogen (secondary N) is 2. The van der Waals surface area contributed by atoms with Crippen molar-refractivity contribution in [1.29, 1.82) is 0 Å². The molecule has 0 aromatic carbocycles. The Labute approximate surface area is 90.7 Å². The molecule has 0 bridgehead atoms. The second kappa shape index (κ2) is 5.25. The summed E-state index contributed by atoms with van der Waals surface area (Å²) in [5.74, 6) is -0.272. The van der Waals surface area contributed by atoms with Gasteiger partial charge < -0.3 is 4.74 Å². The molecule has 0 spiro atoms. The first kappa shape index (κ1) is 12.5. The monoisotopic (exact) mass is 300 g/mol. The molecule has 0 rings (SSSR count). The Kier molecular flexibility index (Phi) is 5.04. The lowest BCUT2D eigenvalue weighted by Crippen LogP contribution is -2.44. The number of alkyl halides is 1. The molecule has 0 aliphatic carbocycles. The molecule has 2 amide bonds. The van der Waals surface area contributed by atoms with Crippen LogP contribution < -0.4 is 10.9 Å². The van der Waals surface area contributed by atoms with Gasteiger partial charge in [0.15, 0.2) is 0 Å². The Balaban J connectivity index is 3.71. The van der Waals surface area contributed by atoms with Gasteiger partial charge in [-0.05, 0) is 20.8 Å². The van der Waals surface area contributed by atoms with Crippen molar-refractivity contribution in [1.82, 2.24) is 10.9 Å². The van der Waals surface area contributed by atoms with Crippen LogP contribution in [0.5, 0.6) is 0 Å². The van der Waals surface area contributed by atoms with Crippen LogP contribution in [-0.2, 0) is 9.53 Å². The van der Waals surface area contributed by atoms with Gasteiger partial charge in [-0.1, -0.05) is 22.6 Å². The van der Waals surface area contributed by atoms with E-state index in [4.69, 9.17) is 4.74 Å². The summed E-state index contributed by atoms with van der Waals surface area (Å²) in [6.07, 6.45) is -0.661. The summed E-state index contributed by atoms with van der Waals surface area (Å²) in [7, 11) is 0. The molecule has 5 nitrogen and oxygen atoms in total. The largest absolute Gasteiger partial charge is 0.443 e. The molecule has 0 radical (unpaired) electrons. The van der Waals surface area contributed by atoms with Gasteiger partial charge in [-0.15, -0.1) is 0 Å². The zero-order valence-electron chi connectivity index (χ0n) is 7.81. The Morgan fingerprint density at radius 1 is 1.31 bits per heavy atom. The summed E-state index contributed by atoms with van der Waals surface area (Å²) in [6.45, 7) is 5.23. The highest BCUT2D eigenvalue weighted by atomic mass is 127. The molecule has 6 heteroatoms. The van der Waals surface area contributed by atoms with Crippen LogP contribution in [0.25, 0.3) is 0 Å². The second-order valence-electron chi connectivity index (χ2n) is 3.31. The van der Waals surface area contributed by atoms with Crippen LogP contribution in [-0.4, -0.2) is 22.0 Å². The lowest BCUT2D eigenvalue weighted by atomic mass is 10.2. The van der Waals surface area contributed by atoms with E-state index in [9.17, 15) is 9.59 Å². The minimum atomic E-state index is -0.661. The number of carbonyl (C=O) groups is 2. The van der Waals surface area contributed by atoms with Gasteiger partial charge in [0.25, 0.3) is 0 Å². The molecule has 0 fully saturated rings. The van der Waals surface area contributed by atoms with Crippen LogP contribution in [0.15, 0.2) is 0 Å². The lowest BCUT2D eigenvalue weighted by Gasteiger charge is -2.19. The second-order valence-corrected chi connectivity index (χ2v) is 4.07. The summed E-state index contributed by atoms with van der Waals surface area (Å²) in [4.78, 5) is 21.6. The van der Waals surface area contributed by atoms with Crippen LogP contribution in [0.2, 0.25) is 0 Å². The number of halogens is 1. The van der Waals surface area contributed by atoms with Crippen molar-refractivity contribution in [3.63, 3.8) is 0 Å². The van der Waals surface area contributed by atoms with Gasteiger partial charge in [-0.25, -0.2) is 10.2 Å². The Hall–Kier alpha value is -0.530. The third-order valence-corrected chi connectivity index (χ3v) is 1.52. The average Bonchev–Trinajstić information content (AvgIpc) is 1.97. The molecule has 76 valence electrons. The first-order chi connectivity index (χ1) is 5.85. The minimum Gasteiger partial charge on any atom is -0.443 e. The highest BCUT2D eigenvalue weighted by Crippen LogP contribution is 2.05. The SMILES string of the molecule is CC(C)(C)OC(=O)NNC(=O)CI. The van der Waals surface area contributed by atoms with E-state index in [-0.39, 0.29) is 10.3 Å². The van der Waals surface area contributed by atoms with E-state index in [1.807, 2.05) is 22.6 Å². The topological polar surface area (TPSA) is 67.4 Å². The highest BCUT2D eigenvalue weighted by molar-refractivity contribution is 14.1. The van der Waals surface area contributed by atoms with E-state index in [0.717, 1.165) is 0 Å². The van der Waals surface area contributed by atoms with Crippen molar-refractivity contribution < 1.29 is 14.3 Å². The molecule has 0 aliphatic heterocycles. The van der Waals surface area contributed by atoms with E-state index < -0.39 is 11.7 Å². The number of hydrogen-bond donors (Lipinski definition) is 2. The maximum atomic E-state index is 10.9. The van der Waals surface area contributed by atoms with Crippen LogP contribution in [0.1, 0.15) is 20.8 Å². The van der Waals surface area contributed by atoms with Crippen LogP contribution >= 0.6 is 22.6 Å². The fourth-order valence-electron chi connectivity index (χ4n) is 0.458. The van der Waals surface area contributed by atoms with Crippen LogP contribution in [0.3, 0.4) is 0 Å². The van der Waals surface area contributed by atoms with E-state index >= 15 is 0 Å². The summed E-state index contributed by atoms with van der Waals surface area (Å²) in [6, 6.07) is 0. The zero-order chi connectivity index (χ0) is 10.5. The number of amides is 2. The molecule has 0 aromatic heterocycles. The van der Waals surface area contributed by atoms with Gasteiger partial charge in [0.1, 0.15) is 5.60 Å². The van der Waals surface area contributed by atoms with E-state index in [1.54, 1.807) is 20.8 Å². The van der Waals surface area contributed by atoms with Crippen molar-refractivity contribution in [3.8, 4) is 0 Å². The van der Waals surface area contributed by atoms with Gasteiger partial charge in [0.05, 0.1) is 4.43 Å². The van der Waals surface area contributed by atoms with Gasteiger partial charge in [-0.3, -0.25) is 10.2 Å². The smallest absolute Gasteiger partial charge is 0.426 e. The number of rotatable bonds is 1. The standard InChI is InChI=1S/C7H13IN2O3/c1-7(2,3)13-6(12)10-9-5(11)4-8/h4H2,1-3H3,(H,9,11)(H,10,12). The molecule has 2 N–H and O–H groups in total. The normalized spacial score (nSPS) is 10.5. The summed E-state index contributed by atoms with van der Waals surface area (Å²) >= 11 is 1.88. The number of hydrazine groups is 1. The van der Waals surface area contributed by atoms with Crippen molar-refractivity contribution in [3.05, 3.63) is 0 Å². The fourth-order valence-corrected chi connectivity index (χ4v) is 0.648. The highest BCUT2D eigenvalue weighted by Gasteiger charge is 2.15. The Bertz CT molecular complexity index is 200. The van der Waals surface area contributed by atoms with E-state index in [2.05, 4.69) is 10.9 Å². The predicted octanol–water partition coefficient (Wildman–Crippen LogP) is 0.977. The maximum Gasteiger partial charge on any atom is 0.426 e. The molecule has 0 atom stereocenters. The third-order valence-electron chi connectivity index (χ3n) is 0.824. The van der Waals surface area contributed by atoms with E-state index in [0.29, 0.717) is 0 Å². The molecule has 0 heterocycles. The summed E-state index contributed by atoms with van der Waals surface area (Å²) < 4.78 is 5.15. The molecule has 0 saturated carbocycles. The van der Waals surface area contributed by atoms with Gasteiger partial charge in [0, 0.05) is 0 Å². The van der Waals surface area contributed by atoms with Crippen molar-refractivity contribution >= 4 is 34.6 Å². The first-order valence-electron chi connectivity index (χ1n) is 3.69. The van der Waals surface area contributed by atoms with Crippen LogP contribution in [0, 0.1) is 0 Å². The number of hydrogen-bond acceptors (Lipinski definition) is 3. The van der Waals surface area contributed by atoms with Crippen molar-refractivity contribution in [2.45, 2.75) is 26.4 Å². The summed E-state index contributed by atoms with van der Waals surface area (Å²) in [5.41, 5.74) is 3.75. The van der Waals surface area contributed by atoms with Crippen LogP contribution in [0.4, 0.5) is 4.79 Å². The lowest BCUT2D eigenvalue weighted by molar-refractivity contribution is -0.119. The zero-order valence-corrected chi connectivity index (χ0v) is 9.97. The average molecular weight is 300 g/mol. The van der Waals surface area contributed by atoms with E-state index in [1.165, 1.54) is 0 Å². The molecule has 13 heavy (non-hydrogen) atoms. The maximum absolute atomic E-state index is 10.9. The third kappa shape index (κ3) is 7.82. The van der Waals surface area contributed by atoms with Gasteiger partial charge in [0.2, 0.25) is 5.91 Å². The summed E-state index contributed by atoms with van der Waals surface area (Å²) in [5, 5.41) is 0. The van der Waals surface area contributed by atoms with Crippen molar-refractivity contribution in [2.24, 2.45) is 0 Å². The van der Waals surface area contributed by atoms with Gasteiger partial charge >= 0.3 is 6.09 Å². The molecule has 0 aliphatic rings.